The van der Waals surface area contributed by atoms with E-state index in [0.717, 1.165) is 11.3 Å². The van der Waals surface area contributed by atoms with E-state index in [4.69, 9.17) is 33.3 Å². The minimum Gasteiger partial charge on any atom is -0.493 e. The lowest BCUT2D eigenvalue weighted by atomic mass is 10.1. The van der Waals surface area contributed by atoms with E-state index in [9.17, 15) is 4.79 Å². The molecule has 0 aliphatic heterocycles. The number of hydrogen-bond acceptors (Lipinski definition) is 6. The third kappa shape index (κ3) is 4.78. The summed E-state index contributed by atoms with van der Waals surface area (Å²) in [5, 5.41) is 8.59. The van der Waals surface area contributed by atoms with Gasteiger partial charge in [-0.3, -0.25) is 10.1 Å². The van der Waals surface area contributed by atoms with Gasteiger partial charge in [0.25, 0.3) is 5.91 Å². The number of anilines is 1. The van der Waals surface area contributed by atoms with Gasteiger partial charge >= 0.3 is 0 Å². The van der Waals surface area contributed by atoms with Crippen molar-refractivity contribution in [3.8, 4) is 22.8 Å². The number of carbonyl (C=O) groups excluding carboxylic acids is 1. The normalized spacial score (nSPS) is 10.2. The molecular formula is C19H16ClN3O3S2. The van der Waals surface area contributed by atoms with E-state index in [0.29, 0.717) is 27.2 Å². The van der Waals surface area contributed by atoms with Crippen molar-refractivity contribution in [3.05, 3.63) is 58.4 Å². The first-order valence-electron chi connectivity index (χ1n) is 8.06. The average Bonchev–Trinajstić information content (AvgIpc) is 3.15. The summed E-state index contributed by atoms with van der Waals surface area (Å²) in [7, 11) is 3.16. The first-order valence-corrected chi connectivity index (χ1v) is 9.72. The van der Waals surface area contributed by atoms with Gasteiger partial charge in [0.2, 0.25) is 0 Å². The Bertz CT molecular complexity index is 1020. The van der Waals surface area contributed by atoms with Crippen molar-refractivity contribution in [1.82, 2.24) is 10.3 Å². The summed E-state index contributed by atoms with van der Waals surface area (Å²) in [5.41, 5.74) is 2.04. The number of rotatable bonds is 5. The van der Waals surface area contributed by atoms with E-state index in [-0.39, 0.29) is 11.0 Å². The Balaban J connectivity index is 1.67. The smallest absolute Gasteiger partial charge is 0.257 e. The topological polar surface area (TPSA) is 72.5 Å². The third-order valence-corrected chi connectivity index (χ3v) is 4.91. The van der Waals surface area contributed by atoms with Gasteiger partial charge in [-0.1, -0.05) is 17.7 Å². The van der Waals surface area contributed by atoms with Gasteiger partial charge in [0, 0.05) is 21.5 Å². The fraction of sp³-hybridized carbons (Fsp3) is 0.105. The maximum absolute atomic E-state index is 12.2. The second-order valence-electron chi connectivity index (χ2n) is 5.53. The van der Waals surface area contributed by atoms with Crippen LogP contribution in [-0.2, 0) is 0 Å². The Morgan fingerprint density at radius 3 is 2.64 bits per heavy atom. The van der Waals surface area contributed by atoms with Crippen LogP contribution in [0.15, 0.2) is 47.8 Å². The highest BCUT2D eigenvalue weighted by Gasteiger charge is 2.12. The molecule has 0 spiro atoms. The third-order valence-electron chi connectivity index (χ3n) is 3.72. The van der Waals surface area contributed by atoms with Crippen molar-refractivity contribution in [2.75, 3.05) is 19.5 Å². The Hall–Kier alpha value is -2.68. The molecule has 3 aromatic rings. The Kier molecular flexibility index (Phi) is 6.45. The van der Waals surface area contributed by atoms with Crippen LogP contribution in [0.25, 0.3) is 11.3 Å². The molecule has 0 aliphatic carbocycles. The molecule has 0 saturated heterocycles. The van der Waals surface area contributed by atoms with Crippen LogP contribution in [0.2, 0.25) is 5.02 Å². The van der Waals surface area contributed by atoms with Gasteiger partial charge in [-0.15, -0.1) is 11.3 Å². The number of nitrogens with zero attached hydrogens (tertiary/aromatic N) is 1. The average molecular weight is 434 g/mol. The summed E-state index contributed by atoms with van der Waals surface area (Å²) in [6, 6.07) is 12.2. The van der Waals surface area contributed by atoms with Crippen LogP contribution in [0.5, 0.6) is 11.5 Å². The van der Waals surface area contributed by atoms with Crippen molar-refractivity contribution in [2.45, 2.75) is 0 Å². The minimum absolute atomic E-state index is 0.151. The van der Waals surface area contributed by atoms with Crippen molar-refractivity contribution in [1.29, 1.82) is 0 Å². The standard InChI is InChI=1S/C19H16ClN3O3S2/c1-25-15-7-6-11(9-16(15)26-2)14-10-28-19(21-14)23-18(27)22-17(24)12-4-3-5-13(20)8-12/h3-10H,1-2H3,(H2,21,22,23,24,27). The van der Waals surface area contributed by atoms with E-state index in [1.807, 2.05) is 23.6 Å². The Morgan fingerprint density at radius 1 is 1.14 bits per heavy atom. The predicted molar refractivity (Wildman–Crippen MR) is 116 cm³/mol. The van der Waals surface area contributed by atoms with Crippen LogP contribution in [0.1, 0.15) is 10.4 Å². The zero-order valence-corrected chi connectivity index (χ0v) is 17.4. The Labute approximate surface area is 176 Å². The molecule has 0 aliphatic rings. The monoisotopic (exact) mass is 433 g/mol. The molecule has 2 N–H and O–H groups in total. The van der Waals surface area contributed by atoms with Crippen molar-refractivity contribution in [3.63, 3.8) is 0 Å². The van der Waals surface area contributed by atoms with Gasteiger partial charge in [0.15, 0.2) is 21.7 Å². The maximum Gasteiger partial charge on any atom is 0.257 e. The highest BCUT2D eigenvalue weighted by Crippen LogP contribution is 2.33. The first-order chi connectivity index (χ1) is 13.5. The van der Waals surface area contributed by atoms with Gasteiger partial charge in [-0.2, -0.15) is 0 Å². The molecule has 0 radical (unpaired) electrons. The quantitative estimate of drug-likeness (QED) is 0.572. The largest absolute Gasteiger partial charge is 0.493 e. The SMILES string of the molecule is COc1ccc(-c2csc(NC(=S)NC(=O)c3cccc(Cl)c3)n2)cc1OC. The molecule has 3 rings (SSSR count). The van der Waals surface area contributed by atoms with E-state index < -0.39 is 0 Å². The summed E-state index contributed by atoms with van der Waals surface area (Å²) < 4.78 is 10.6. The van der Waals surface area contributed by atoms with E-state index >= 15 is 0 Å². The lowest BCUT2D eigenvalue weighted by Gasteiger charge is -2.08. The number of nitrogens with one attached hydrogen (secondary N) is 2. The molecule has 144 valence electrons. The number of carbonyl (C=O) groups is 1. The number of benzene rings is 2. The number of aromatic nitrogens is 1. The highest BCUT2D eigenvalue weighted by atomic mass is 35.5. The fourth-order valence-corrected chi connectivity index (χ4v) is 3.56. The number of amides is 1. The van der Waals surface area contributed by atoms with Gasteiger partial charge in [0.1, 0.15) is 0 Å². The number of thiazole rings is 1. The second kappa shape index (κ2) is 9.01. The number of thiocarbonyl (C=S) groups is 1. The molecule has 0 saturated carbocycles. The summed E-state index contributed by atoms with van der Waals surface area (Å²) in [6.07, 6.45) is 0. The summed E-state index contributed by atoms with van der Waals surface area (Å²) in [4.78, 5) is 16.7. The van der Waals surface area contributed by atoms with E-state index in [2.05, 4.69) is 15.6 Å². The summed E-state index contributed by atoms with van der Waals surface area (Å²) in [6.45, 7) is 0. The molecule has 0 unspecified atom stereocenters. The van der Waals surface area contributed by atoms with Gasteiger partial charge in [0.05, 0.1) is 19.9 Å². The molecule has 1 aromatic heterocycles. The van der Waals surface area contributed by atoms with Gasteiger partial charge < -0.3 is 14.8 Å². The van der Waals surface area contributed by atoms with Crippen LogP contribution in [-0.4, -0.2) is 30.2 Å². The molecule has 6 nitrogen and oxygen atoms in total. The van der Waals surface area contributed by atoms with Crippen molar-refractivity contribution >= 4 is 51.3 Å². The van der Waals surface area contributed by atoms with Crippen molar-refractivity contribution in [2.24, 2.45) is 0 Å². The molecule has 0 fully saturated rings. The maximum atomic E-state index is 12.2. The van der Waals surface area contributed by atoms with E-state index in [1.54, 1.807) is 38.5 Å². The van der Waals surface area contributed by atoms with Crippen molar-refractivity contribution < 1.29 is 14.3 Å². The summed E-state index contributed by atoms with van der Waals surface area (Å²) in [5.74, 6) is 0.910. The van der Waals surface area contributed by atoms with Crippen LogP contribution in [0.4, 0.5) is 5.13 Å². The van der Waals surface area contributed by atoms with Crippen LogP contribution in [0, 0.1) is 0 Å². The second-order valence-corrected chi connectivity index (χ2v) is 7.23. The highest BCUT2D eigenvalue weighted by molar-refractivity contribution is 7.80. The van der Waals surface area contributed by atoms with Crippen LogP contribution < -0.4 is 20.1 Å². The lowest BCUT2D eigenvalue weighted by molar-refractivity contribution is 0.0977. The molecule has 28 heavy (non-hydrogen) atoms. The molecule has 2 aromatic carbocycles. The zero-order chi connectivity index (χ0) is 20.1. The number of halogens is 1. The van der Waals surface area contributed by atoms with Crippen LogP contribution in [0.3, 0.4) is 0 Å². The number of methoxy groups -OCH3 is 2. The molecule has 0 bridgehead atoms. The fourth-order valence-electron chi connectivity index (χ4n) is 2.39. The Morgan fingerprint density at radius 2 is 1.93 bits per heavy atom. The van der Waals surface area contributed by atoms with Gasteiger partial charge in [-0.05, 0) is 48.6 Å². The minimum atomic E-state index is -0.350. The molecule has 9 heteroatoms. The summed E-state index contributed by atoms with van der Waals surface area (Å²) >= 11 is 12.5. The number of ether oxygens (including phenoxy) is 2. The molecular weight excluding hydrogens is 418 g/mol. The zero-order valence-electron chi connectivity index (χ0n) is 15.0. The molecule has 1 amide bonds. The number of hydrogen-bond donors (Lipinski definition) is 2. The van der Waals surface area contributed by atoms with E-state index in [1.165, 1.54) is 11.3 Å². The predicted octanol–water partition coefficient (Wildman–Crippen LogP) is 4.61. The molecule has 0 atom stereocenters. The van der Waals surface area contributed by atoms with Gasteiger partial charge in [-0.25, -0.2) is 4.98 Å². The first kappa shape index (κ1) is 20.1. The lowest BCUT2D eigenvalue weighted by Crippen LogP contribution is -2.34. The van der Waals surface area contributed by atoms with Crippen LogP contribution >= 0.6 is 35.2 Å². The molecule has 1 heterocycles.